The highest BCUT2D eigenvalue weighted by molar-refractivity contribution is 6.04. The lowest BCUT2D eigenvalue weighted by molar-refractivity contribution is -0.124. The molecule has 0 aliphatic carbocycles. The van der Waals surface area contributed by atoms with Gasteiger partial charge in [-0.2, -0.15) is 0 Å². The van der Waals surface area contributed by atoms with Crippen LogP contribution in [0.1, 0.15) is 31.1 Å². The largest absolute Gasteiger partial charge is 0.490 e. The number of hydrogen-bond acceptors (Lipinski definition) is 4. The summed E-state index contributed by atoms with van der Waals surface area (Å²) >= 11 is 0. The van der Waals surface area contributed by atoms with Crippen LogP contribution in [0.4, 0.5) is 11.4 Å². The van der Waals surface area contributed by atoms with E-state index in [-0.39, 0.29) is 18.3 Å². The second-order valence-corrected chi connectivity index (χ2v) is 5.13. The molecule has 5 nitrogen and oxygen atoms in total. The van der Waals surface area contributed by atoms with Gasteiger partial charge in [0.2, 0.25) is 5.91 Å². The van der Waals surface area contributed by atoms with E-state index in [1.807, 2.05) is 0 Å². The number of benzene rings is 1. The zero-order valence-electron chi connectivity index (χ0n) is 10.7. The van der Waals surface area contributed by atoms with Crippen LogP contribution in [-0.2, 0) is 4.79 Å². The van der Waals surface area contributed by atoms with Crippen LogP contribution in [0, 0.1) is 5.41 Å². The fourth-order valence-electron chi connectivity index (χ4n) is 1.77. The summed E-state index contributed by atoms with van der Waals surface area (Å²) in [5, 5.41) is 2.75. The van der Waals surface area contributed by atoms with Crippen LogP contribution in [0.2, 0.25) is 0 Å². The number of ketones is 1. The summed E-state index contributed by atoms with van der Waals surface area (Å²) in [6.07, 6.45) is 0. The van der Waals surface area contributed by atoms with E-state index in [2.05, 4.69) is 5.32 Å². The first-order chi connectivity index (χ1) is 8.31. The Morgan fingerprint density at radius 3 is 2.72 bits per heavy atom. The summed E-state index contributed by atoms with van der Waals surface area (Å²) in [6.45, 7) is 5.22. The molecule has 0 radical (unpaired) electrons. The molecule has 0 aromatic heterocycles. The van der Waals surface area contributed by atoms with Gasteiger partial charge in [0, 0.05) is 5.69 Å². The van der Waals surface area contributed by atoms with Crippen LogP contribution in [-0.4, -0.2) is 18.3 Å². The molecule has 96 valence electrons. The van der Waals surface area contributed by atoms with Crippen molar-refractivity contribution in [3.05, 3.63) is 17.7 Å². The van der Waals surface area contributed by atoms with Crippen molar-refractivity contribution in [2.75, 3.05) is 17.7 Å². The lowest BCUT2D eigenvalue weighted by atomic mass is 9.94. The third-order valence-corrected chi connectivity index (χ3v) is 2.93. The van der Waals surface area contributed by atoms with Gasteiger partial charge < -0.3 is 15.8 Å². The van der Waals surface area contributed by atoms with E-state index in [1.54, 1.807) is 26.0 Å². The first kappa shape index (κ1) is 12.4. The van der Waals surface area contributed by atoms with Gasteiger partial charge in [0.15, 0.2) is 11.5 Å². The van der Waals surface area contributed by atoms with Gasteiger partial charge in [-0.25, -0.2) is 0 Å². The predicted octanol–water partition coefficient (Wildman–Crippen LogP) is 1.83. The lowest BCUT2D eigenvalue weighted by Gasteiger charge is -2.18. The Morgan fingerprint density at radius 1 is 1.44 bits per heavy atom. The zero-order valence-corrected chi connectivity index (χ0v) is 10.7. The van der Waals surface area contributed by atoms with Crippen LogP contribution < -0.4 is 15.8 Å². The first-order valence-electron chi connectivity index (χ1n) is 5.70. The number of carbonyl (C=O) groups is 2. The minimum absolute atomic E-state index is 0.146. The van der Waals surface area contributed by atoms with E-state index in [1.165, 1.54) is 6.92 Å². The average molecular weight is 248 g/mol. The van der Waals surface area contributed by atoms with Crippen LogP contribution in [0.5, 0.6) is 5.75 Å². The van der Waals surface area contributed by atoms with Crippen LogP contribution in [0.3, 0.4) is 0 Å². The molecule has 0 unspecified atom stereocenters. The quantitative estimate of drug-likeness (QED) is 0.586. The van der Waals surface area contributed by atoms with E-state index >= 15 is 0 Å². The van der Waals surface area contributed by atoms with Crippen LogP contribution >= 0.6 is 0 Å². The van der Waals surface area contributed by atoms with Crippen LogP contribution in [0.25, 0.3) is 0 Å². The van der Waals surface area contributed by atoms with Gasteiger partial charge in [0.25, 0.3) is 0 Å². The maximum Gasteiger partial charge on any atom is 0.233 e. The van der Waals surface area contributed by atoms with E-state index < -0.39 is 5.41 Å². The van der Waals surface area contributed by atoms with Crippen molar-refractivity contribution in [2.45, 2.75) is 20.8 Å². The lowest BCUT2D eigenvalue weighted by Crippen LogP contribution is -2.33. The van der Waals surface area contributed by atoms with Crippen LogP contribution in [0.15, 0.2) is 12.1 Å². The number of nitrogens with two attached hydrogens (primary N) is 1. The topological polar surface area (TPSA) is 81.4 Å². The van der Waals surface area contributed by atoms with Gasteiger partial charge in [-0.1, -0.05) is 0 Å². The molecule has 5 heteroatoms. The normalized spacial score (nSPS) is 17.2. The number of hydrogen-bond donors (Lipinski definition) is 2. The molecule has 2 rings (SSSR count). The molecule has 0 fully saturated rings. The Morgan fingerprint density at radius 2 is 2.11 bits per heavy atom. The molecule has 0 atom stereocenters. The van der Waals surface area contributed by atoms with E-state index in [4.69, 9.17) is 10.5 Å². The Labute approximate surface area is 105 Å². The van der Waals surface area contributed by atoms with Crippen molar-refractivity contribution >= 4 is 23.1 Å². The zero-order chi connectivity index (χ0) is 13.5. The number of ether oxygens (including phenoxy) is 1. The molecule has 1 aromatic rings. The molecule has 1 amide bonds. The Hall–Kier alpha value is -2.04. The number of fused-ring (bicyclic) bond motifs is 1. The van der Waals surface area contributed by atoms with E-state index in [0.29, 0.717) is 22.7 Å². The smallest absolute Gasteiger partial charge is 0.233 e. The number of nitrogen functional groups attached to an aromatic ring is 1. The fraction of sp³-hybridized carbons (Fsp3) is 0.385. The Balaban J connectivity index is 2.56. The summed E-state index contributed by atoms with van der Waals surface area (Å²) in [5.74, 6) is 0.101. The summed E-state index contributed by atoms with van der Waals surface area (Å²) < 4.78 is 5.62. The molecular formula is C13H16N2O3. The van der Waals surface area contributed by atoms with Crippen molar-refractivity contribution in [1.29, 1.82) is 0 Å². The standard InChI is InChI=1S/C13H16N2O3/c1-7(16)9-4-8(14)5-10-11(9)18-6-13(2,3)12(17)15-10/h4-5H,6,14H2,1-3H3,(H,15,17). The highest BCUT2D eigenvalue weighted by atomic mass is 16.5. The average Bonchev–Trinajstić information content (AvgIpc) is 2.36. The number of amides is 1. The Bertz CT molecular complexity index is 535. The van der Waals surface area contributed by atoms with Gasteiger partial charge in [-0.3, -0.25) is 9.59 Å². The van der Waals surface area contributed by atoms with Gasteiger partial charge in [-0.15, -0.1) is 0 Å². The summed E-state index contributed by atoms with van der Waals surface area (Å²) in [5.41, 5.74) is 6.34. The molecule has 0 spiro atoms. The number of nitrogens with one attached hydrogen (secondary N) is 1. The first-order valence-corrected chi connectivity index (χ1v) is 5.70. The molecule has 0 saturated carbocycles. The second-order valence-electron chi connectivity index (χ2n) is 5.13. The third kappa shape index (κ3) is 2.03. The molecule has 1 aliphatic heterocycles. The summed E-state index contributed by atoms with van der Waals surface area (Å²) in [7, 11) is 0. The molecule has 1 aliphatic rings. The van der Waals surface area contributed by atoms with Gasteiger partial charge in [0.1, 0.15) is 6.61 Å². The molecule has 3 N–H and O–H groups in total. The highest BCUT2D eigenvalue weighted by Crippen LogP contribution is 2.37. The Kier molecular flexibility index (Phi) is 2.77. The minimum Gasteiger partial charge on any atom is -0.490 e. The van der Waals surface area contributed by atoms with E-state index in [0.717, 1.165) is 0 Å². The number of Topliss-reactive ketones (excluding diaryl/α,β-unsaturated/α-hetero) is 1. The number of anilines is 2. The monoisotopic (exact) mass is 248 g/mol. The van der Waals surface area contributed by atoms with Crippen molar-refractivity contribution in [3.63, 3.8) is 0 Å². The molecule has 0 saturated heterocycles. The SMILES string of the molecule is CC(=O)c1cc(N)cc2c1OCC(C)(C)C(=O)N2. The molecular weight excluding hydrogens is 232 g/mol. The minimum atomic E-state index is -0.651. The third-order valence-electron chi connectivity index (χ3n) is 2.93. The summed E-state index contributed by atoms with van der Waals surface area (Å²) in [6, 6.07) is 3.16. The molecule has 0 bridgehead atoms. The van der Waals surface area contributed by atoms with Gasteiger partial charge >= 0.3 is 0 Å². The number of rotatable bonds is 1. The van der Waals surface area contributed by atoms with E-state index in [9.17, 15) is 9.59 Å². The van der Waals surface area contributed by atoms with Gasteiger partial charge in [0.05, 0.1) is 16.7 Å². The molecule has 18 heavy (non-hydrogen) atoms. The van der Waals surface area contributed by atoms with Crippen molar-refractivity contribution in [2.24, 2.45) is 5.41 Å². The number of carbonyl (C=O) groups excluding carboxylic acids is 2. The molecule has 1 aromatic carbocycles. The molecule has 1 heterocycles. The van der Waals surface area contributed by atoms with Crippen molar-refractivity contribution in [1.82, 2.24) is 0 Å². The maximum atomic E-state index is 12.0. The van der Waals surface area contributed by atoms with Gasteiger partial charge in [-0.05, 0) is 32.9 Å². The fourth-order valence-corrected chi connectivity index (χ4v) is 1.77. The highest BCUT2D eigenvalue weighted by Gasteiger charge is 2.33. The second kappa shape index (κ2) is 4.01. The van der Waals surface area contributed by atoms with Crippen molar-refractivity contribution < 1.29 is 14.3 Å². The van der Waals surface area contributed by atoms with Crippen molar-refractivity contribution in [3.8, 4) is 5.75 Å². The maximum absolute atomic E-state index is 12.0. The predicted molar refractivity (Wildman–Crippen MR) is 68.8 cm³/mol. The summed E-state index contributed by atoms with van der Waals surface area (Å²) in [4.78, 5) is 23.6.